The Hall–Kier alpha value is -0.410. The summed E-state index contributed by atoms with van der Waals surface area (Å²) in [6.45, 7) is 8.69. The zero-order valence-corrected chi connectivity index (χ0v) is 10.8. The van der Waals surface area contributed by atoms with Crippen LogP contribution in [0.5, 0.6) is 0 Å². The van der Waals surface area contributed by atoms with Crippen molar-refractivity contribution in [3.8, 4) is 0 Å². The SMILES string of the molecule is CCCNC1COCC1C(=O)CC(C)CC. The van der Waals surface area contributed by atoms with Gasteiger partial charge in [0.1, 0.15) is 5.78 Å². The third-order valence-corrected chi connectivity index (χ3v) is 3.40. The predicted octanol–water partition coefficient (Wildman–Crippen LogP) is 2.01. The molecule has 0 aromatic rings. The van der Waals surface area contributed by atoms with Crippen LogP contribution in [0.3, 0.4) is 0 Å². The first-order valence-electron chi connectivity index (χ1n) is 6.52. The quantitative estimate of drug-likeness (QED) is 0.723. The van der Waals surface area contributed by atoms with Crippen LogP contribution in [0.4, 0.5) is 0 Å². The lowest BCUT2D eigenvalue weighted by Gasteiger charge is -2.19. The lowest BCUT2D eigenvalue weighted by molar-refractivity contribution is -0.124. The lowest BCUT2D eigenvalue weighted by atomic mass is 9.91. The van der Waals surface area contributed by atoms with Crippen LogP contribution in [0.2, 0.25) is 0 Å². The molecule has 1 aliphatic rings. The second-order valence-corrected chi connectivity index (χ2v) is 4.89. The fourth-order valence-electron chi connectivity index (χ4n) is 2.04. The molecule has 1 aliphatic heterocycles. The van der Waals surface area contributed by atoms with E-state index in [9.17, 15) is 4.79 Å². The number of carbonyl (C=O) groups is 1. The molecule has 3 heteroatoms. The summed E-state index contributed by atoms with van der Waals surface area (Å²) in [7, 11) is 0. The van der Waals surface area contributed by atoms with Crippen molar-refractivity contribution < 1.29 is 9.53 Å². The molecule has 0 saturated carbocycles. The Morgan fingerprint density at radius 2 is 2.19 bits per heavy atom. The van der Waals surface area contributed by atoms with E-state index in [1.165, 1.54) is 0 Å². The topological polar surface area (TPSA) is 38.3 Å². The van der Waals surface area contributed by atoms with E-state index in [0.29, 0.717) is 31.3 Å². The van der Waals surface area contributed by atoms with Gasteiger partial charge in [-0.3, -0.25) is 4.79 Å². The van der Waals surface area contributed by atoms with Crippen molar-refractivity contribution in [2.45, 2.75) is 46.1 Å². The standard InChI is InChI=1S/C13H25NO2/c1-4-6-14-12-9-16-8-11(12)13(15)7-10(3)5-2/h10-12,14H,4-9H2,1-3H3. The van der Waals surface area contributed by atoms with Crippen molar-refractivity contribution in [3.63, 3.8) is 0 Å². The van der Waals surface area contributed by atoms with Gasteiger partial charge in [-0.1, -0.05) is 27.2 Å². The van der Waals surface area contributed by atoms with E-state index in [1.807, 2.05) is 0 Å². The molecular formula is C13H25NO2. The highest BCUT2D eigenvalue weighted by molar-refractivity contribution is 5.82. The maximum Gasteiger partial charge on any atom is 0.140 e. The zero-order valence-electron chi connectivity index (χ0n) is 10.8. The average molecular weight is 227 g/mol. The van der Waals surface area contributed by atoms with Crippen LogP contribution in [0.15, 0.2) is 0 Å². The first-order valence-corrected chi connectivity index (χ1v) is 6.52. The lowest BCUT2D eigenvalue weighted by Crippen LogP contribution is -2.40. The molecule has 0 aliphatic carbocycles. The van der Waals surface area contributed by atoms with Crippen molar-refractivity contribution in [2.24, 2.45) is 11.8 Å². The smallest absolute Gasteiger partial charge is 0.140 e. The van der Waals surface area contributed by atoms with Crippen LogP contribution in [-0.2, 0) is 9.53 Å². The number of hydrogen-bond acceptors (Lipinski definition) is 3. The first kappa shape index (κ1) is 13.7. The zero-order chi connectivity index (χ0) is 12.0. The molecule has 0 aromatic carbocycles. The molecule has 0 aromatic heterocycles. The minimum atomic E-state index is 0.0838. The van der Waals surface area contributed by atoms with Crippen LogP contribution >= 0.6 is 0 Å². The molecule has 1 fully saturated rings. The summed E-state index contributed by atoms with van der Waals surface area (Å²) in [5.74, 6) is 0.959. The van der Waals surface area contributed by atoms with Gasteiger partial charge < -0.3 is 10.1 Å². The van der Waals surface area contributed by atoms with Crippen molar-refractivity contribution in [1.29, 1.82) is 0 Å². The van der Waals surface area contributed by atoms with Crippen molar-refractivity contribution >= 4 is 5.78 Å². The average Bonchev–Trinajstić information content (AvgIpc) is 2.74. The van der Waals surface area contributed by atoms with Gasteiger partial charge in [0.25, 0.3) is 0 Å². The minimum absolute atomic E-state index is 0.0838. The molecule has 3 unspecified atom stereocenters. The van der Waals surface area contributed by atoms with Crippen molar-refractivity contribution in [2.75, 3.05) is 19.8 Å². The first-order chi connectivity index (χ1) is 7.69. The predicted molar refractivity (Wildman–Crippen MR) is 65.5 cm³/mol. The summed E-state index contributed by atoms with van der Waals surface area (Å²) >= 11 is 0. The normalized spacial score (nSPS) is 26.9. The molecule has 0 amide bonds. The van der Waals surface area contributed by atoms with Gasteiger partial charge in [0.15, 0.2) is 0 Å². The molecule has 94 valence electrons. The van der Waals surface area contributed by atoms with Gasteiger partial charge in [-0.05, 0) is 18.9 Å². The van der Waals surface area contributed by atoms with Crippen LogP contribution in [0.25, 0.3) is 0 Å². The van der Waals surface area contributed by atoms with Crippen LogP contribution < -0.4 is 5.32 Å². The fraction of sp³-hybridized carbons (Fsp3) is 0.923. The van der Waals surface area contributed by atoms with Crippen LogP contribution in [-0.4, -0.2) is 31.6 Å². The minimum Gasteiger partial charge on any atom is -0.379 e. The molecular weight excluding hydrogens is 202 g/mol. The summed E-state index contributed by atoms with van der Waals surface area (Å²) in [4.78, 5) is 12.1. The summed E-state index contributed by atoms with van der Waals surface area (Å²) in [6.07, 6.45) is 2.88. The van der Waals surface area contributed by atoms with Gasteiger partial charge in [0.05, 0.1) is 19.1 Å². The highest BCUT2D eigenvalue weighted by atomic mass is 16.5. The number of hydrogen-bond donors (Lipinski definition) is 1. The van der Waals surface area contributed by atoms with Gasteiger partial charge in [0.2, 0.25) is 0 Å². The molecule has 16 heavy (non-hydrogen) atoms. The monoisotopic (exact) mass is 227 g/mol. The Kier molecular flexibility index (Phi) is 5.99. The third kappa shape index (κ3) is 3.87. The van der Waals surface area contributed by atoms with E-state index in [0.717, 1.165) is 19.4 Å². The van der Waals surface area contributed by atoms with Gasteiger partial charge in [-0.25, -0.2) is 0 Å². The number of ketones is 1. The van der Waals surface area contributed by atoms with E-state index in [4.69, 9.17) is 4.74 Å². The number of nitrogens with one attached hydrogen (secondary N) is 1. The molecule has 1 N–H and O–H groups in total. The van der Waals surface area contributed by atoms with E-state index in [-0.39, 0.29) is 12.0 Å². The number of Topliss-reactive ketones (excluding diaryl/α,β-unsaturated/α-hetero) is 1. The van der Waals surface area contributed by atoms with Crippen molar-refractivity contribution in [3.05, 3.63) is 0 Å². The fourth-order valence-corrected chi connectivity index (χ4v) is 2.04. The maximum atomic E-state index is 12.1. The maximum absolute atomic E-state index is 12.1. The third-order valence-electron chi connectivity index (χ3n) is 3.40. The second-order valence-electron chi connectivity index (χ2n) is 4.89. The van der Waals surface area contributed by atoms with Gasteiger partial charge in [-0.2, -0.15) is 0 Å². The van der Waals surface area contributed by atoms with Gasteiger partial charge >= 0.3 is 0 Å². The summed E-state index contributed by atoms with van der Waals surface area (Å²) in [5, 5.41) is 3.41. The van der Waals surface area contributed by atoms with Crippen LogP contribution in [0.1, 0.15) is 40.0 Å². The highest BCUT2D eigenvalue weighted by Crippen LogP contribution is 2.19. The van der Waals surface area contributed by atoms with Gasteiger partial charge in [0, 0.05) is 12.5 Å². The molecule has 0 spiro atoms. The molecule has 0 radical (unpaired) electrons. The Bertz CT molecular complexity index is 218. The second kappa shape index (κ2) is 7.02. The summed E-state index contributed by atoms with van der Waals surface area (Å²) in [5.41, 5.74) is 0. The van der Waals surface area contributed by atoms with Crippen LogP contribution in [0, 0.1) is 11.8 Å². The Morgan fingerprint density at radius 3 is 2.81 bits per heavy atom. The highest BCUT2D eigenvalue weighted by Gasteiger charge is 2.33. The van der Waals surface area contributed by atoms with E-state index >= 15 is 0 Å². The molecule has 1 saturated heterocycles. The molecule has 0 bridgehead atoms. The van der Waals surface area contributed by atoms with Crippen molar-refractivity contribution in [1.82, 2.24) is 5.32 Å². The Balaban J connectivity index is 2.41. The number of carbonyl (C=O) groups excluding carboxylic acids is 1. The Morgan fingerprint density at radius 1 is 1.44 bits per heavy atom. The van der Waals surface area contributed by atoms with E-state index < -0.39 is 0 Å². The molecule has 1 rings (SSSR count). The largest absolute Gasteiger partial charge is 0.379 e. The summed E-state index contributed by atoms with van der Waals surface area (Å²) in [6, 6.07) is 0.247. The molecule has 3 atom stereocenters. The number of rotatable bonds is 7. The Labute approximate surface area is 98.9 Å². The molecule has 3 nitrogen and oxygen atoms in total. The molecule has 1 heterocycles. The van der Waals surface area contributed by atoms with Gasteiger partial charge in [-0.15, -0.1) is 0 Å². The van der Waals surface area contributed by atoms with E-state index in [2.05, 4.69) is 26.1 Å². The number of ether oxygens (including phenoxy) is 1. The van der Waals surface area contributed by atoms with E-state index in [1.54, 1.807) is 0 Å². The summed E-state index contributed by atoms with van der Waals surface area (Å²) < 4.78 is 5.42.